The van der Waals surface area contributed by atoms with Crippen LogP contribution in [0.15, 0.2) is 54.6 Å². The van der Waals surface area contributed by atoms with Crippen molar-refractivity contribution < 1.29 is 14.3 Å². The molecule has 0 radical (unpaired) electrons. The van der Waals surface area contributed by atoms with E-state index in [4.69, 9.17) is 0 Å². The van der Waals surface area contributed by atoms with Gasteiger partial charge >= 0.3 is 12.1 Å². The van der Waals surface area contributed by atoms with Gasteiger partial charge in [-0.3, -0.25) is 5.32 Å². The van der Waals surface area contributed by atoms with E-state index in [9.17, 15) is 14.9 Å². The summed E-state index contributed by atoms with van der Waals surface area (Å²) in [5.41, 5.74) is 0.353. The number of nitrogens with zero attached hydrogens (tertiary/aromatic N) is 3. The Labute approximate surface area is 155 Å². The van der Waals surface area contributed by atoms with Crippen molar-refractivity contribution in [3.8, 4) is 6.07 Å². The third-order valence-electron chi connectivity index (χ3n) is 4.09. The number of methoxy groups -OCH3 is 1. The molecule has 0 aliphatic rings. The molecular formula is C19H17N5O3. The molecule has 136 valence electrons. The standard InChI is InChI=1S/C19H17N5O3/c1-19(12-20,13-8-4-3-5-9-13)23-17(25)24-15-11-7-6-10-14(15)21-16(24)22-18(26)27-2/h3-11H,1-2H3,(H,23,25)(H,21,22,26). The van der Waals surface area contributed by atoms with E-state index in [-0.39, 0.29) is 5.95 Å². The van der Waals surface area contributed by atoms with Gasteiger partial charge in [0, 0.05) is 0 Å². The zero-order chi connectivity index (χ0) is 19.4. The smallest absolute Gasteiger partial charge is 0.413 e. The number of nitriles is 1. The highest BCUT2D eigenvalue weighted by atomic mass is 16.5. The van der Waals surface area contributed by atoms with Crippen molar-refractivity contribution in [1.82, 2.24) is 14.9 Å². The maximum atomic E-state index is 13.0. The van der Waals surface area contributed by atoms with Gasteiger partial charge in [0.25, 0.3) is 0 Å². The highest BCUT2D eigenvalue weighted by molar-refractivity contribution is 5.96. The molecule has 3 rings (SSSR count). The van der Waals surface area contributed by atoms with Crippen molar-refractivity contribution in [2.24, 2.45) is 0 Å². The first-order chi connectivity index (χ1) is 13.0. The lowest BCUT2D eigenvalue weighted by Gasteiger charge is -2.24. The van der Waals surface area contributed by atoms with Crippen LogP contribution >= 0.6 is 0 Å². The molecular weight excluding hydrogens is 346 g/mol. The monoisotopic (exact) mass is 363 g/mol. The molecule has 0 aliphatic carbocycles. The summed E-state index contributed by atoms with van der Waals surface area (Å²) in [6.07, 6.45) is -0.759. The number of carbonyl (C=O) groups excluding carboxylic acids is 2. The lowest BCUT2D eigenvalue weighted by atomic mass is 9.94. The minimum atomic E-state index is -1.27. The molecule has 8 heteroatoms. The van der Waals surface area contributed by atoms with Gasteiger partial charge in [-0.2, -0.15) is 5.26 Å². The molecule has 2 aromatic carbocycles. The first-order valence-corrected chi connectivity index (χ1v) is 8.10. The molecule has 0 saturated heterocycles. The Hall–Kier alpha value is -3.86. The summed E-state index contributed by atoms with van der Waals surface area (Å²) >= 11 is 0. The number of hydrogen-bond acceptors (Lipinski definition) is 5. The van der Waals surface area contributed by atoms with E-state index in [2.05, 4.69) is 26.4 Å². The van der Waals surface area contributed by atoms with Gasteiger partial charge in [0.2, 0.25) is 5.95 Å². The van der Waals surface area contributed by atoms with Crippen LogP contribution < -0.4 is 10.6 Å². The molecule has 1 aromatic heterocycles. The van der Waals surface area contributed by atoms with E-state index < -0.39 is 17.7 Å². The third-order valence-corrected chi connectivity index (χ3v) is 4.09. The molecule has 0 saturated carbocycles. The second-order valence-electron chi connectivity index (χ2n) is 5.91. The van der Waals surface area contributed by atoms with Crippen molar-refractivity contribution in [1.29, 1.82) is 5.26 Å². The molecule has 8 nitrogen and oxygen atoms in total. The van der Waals surface area contributed by atoms with Crippen molar-refractivity contribution in [3.63, 3.8) is 0 Å². The quantitative estimate of drug-likeness (QED) is 0.743. The van der Waals surface area contributed by atoms with Gasteiger partial charge in [-0.1, -0.05) is 42.5 Å². The molecule has 0 aliphatic heterocycles. The SMILES string of the molecule is COC(=O)Nc1nc2ccccc2n1C(=O)NC(C)(C#N)c1ccccc1. The maximum absolute atomic E-state index is 13.0. The fraction of sp³-hybridized carbons (Fsp3) is 0.158. The van der Waals surface area contributed by atoms with Crippen molar-refractivity contribution in [3.05, 3.63) is 60.2 Å². The van der Waals surface area contributed by atoms with Gasteiger partial charge in [0.15, 0.2) is 5.54 Å². The number of fused-ring (bicyclic) bond motifs is 1. The second kappa shape index (κ2) is 7.17. The van der Waals surface area contributed by atoms with E-state index in [0.29, 0.717) is 16.6 Å². The number of benzene rings is 2. The van der Waals surface area contributed by atoms with Gasteiger partial charge in [0.05, 0.1) is 24.2 Å². The van der Waals surface area contributed by atoms with Crippen LogP contribution in [-0.4, -0.2) is 28.8 Å². The second-order valence-corrected chi connectivity index (χ2v) is 5.91. The number of rotatable bonds is 3. The fourth-order valence-corrected chi connectivity index (χ4v) is 2.66. The summed E-state index contributed by atoms with van der Waals surface area (Å²) in [4.78, 5) is 28.9. The number of nitrogens with one attached hydrogen (secondary N) is 2. The summed E-state index contributed by atoms with van der Waals surface area (Å²) in [7, 11) is 1.21. The molecule has 1 atom stereocenters. The minimum absolute atomic E-state index is 0.00565. The molecule has 3 aromatic rings. The van der Waals surface area contributed by atoms with Gasteiger partial charge in [0.1, 0.15) is 0 Å². The number of aromatic nitrogens is 2. The van der Waals surface area contributed by atoms with Crippen LogP contribution in [0.1, 0.15) is 12.5 Å². The van der Waals surface area contributed by atoms with Crippen LogP contribution in [-0.2, 0) is 10.3 Å². The van der Waals surface area contributed by atoms with Gasteiger partial charge in [-0.05, 0) is 24.6 Å². The van der Waals surface area contributed by atoms with Crippen LogP contribution in [0.3, 0.4) is 0 Å². The number of hydrogen-bond donors (Lipinski definition) is 2. The van der Waals surface area contributed by atoms with Crippen LogP contribution in [0, 0.1) is 11.3 Å². The predicted molar refractivity (Wildman–Crippen MR) is 99.1 cm³/mol. The van der Waals surface area contributed by atoms with E-state index in [1.54, 1.807) is 55.5 Å². The molecule has 2 amide bonds. The zero-order valence-corrected chi connectivity index (χ0v) is 14.8. The van der Waals surface area contributed by atoms with Gasteiger partial charge in [-0.25, -0.2) is 19.1 Å². The van der Waals surface area contributed by atoms with E-state index >= 15 is 0 Å². The number of amides is 2. The lowest BCUT2D eigenvalue weighted by Crippen LogP contribution is -2.44. The molecule has 0 fully saturated rings. The summed E-state index contributed by atoms with van der Waals surface area (Å²) in [6.45, 7) is 1.60. The van der Waals surface area contributed by atoms with Crippen LogP contribution in [0.2, 0.25) is 0 Å². The average molecular weight is 363 g/mol. The summed E-state index contributed by atoms with van der Waals surface area (Å²) in [6, 6.07) is 17.3. The Balaban J connectivity index is 2.03. The van der Waals surface area contributed by atoms with Crippen molar-refractivity contribution in [2.75, 3.05) is 12.4 Å². The topological polar surface area (TPSA) is 109 Å². The number of ether oxygens (including phenoxy) is 1. The minimum Gasteiger partial charge on any atom is -0.453 e. The summed E-state index contributed by atoms with van der Waals surface area (Å²) in [5.74, 6) is -0.00565. The first-order valence-electron chi connectivity index (χ1n) is 8.10. The Morgan fingerprint density at radius 1 is 1.15 bits per heavy atom. The van der Waals surface area contributed by atoms with Crippen molar-refractivity contribution >= 4 is 29.1 Å². The Morgan fingerprint density at radius 2 is 1.81 bits per heavy atom. The normalized spacial score (nSPS) is 12.6. The van der Waals surface area contributed by atoms with Crippen LogP contribution in [0.4, 0.5) is 15.5 Å². The van der Waals surface area contributed by atoms with Gasteiger partial charge < -0.3 is 10.1 Å². The molecule has 27 heavy (non-hydrogen) atoms. The molecule has 1 unspecified atom stereocenters. The third kappa shape index (κ3) is 3.43. The fourth-order valence-electron chi connectivity index (χ4n) is 2.66. The molecule has 2 N–H and O–H groups in total. The molecule has 0 spiro atoms. The average Bonchev–Trinajstić information content (AvgIpc) is 3.06. The predicted octanol–water partition coefficient (Wildman–Crippen LogP) is 3.21. The number of anilines is 1. The van der Waals surface area contributed by atoms with E-state index in [0.717, 1.165) is 0 Å². The molecule has 1 heterocycles. The number of carbonyl (C=O) groups is 2. The highest BCUT2D eigenvalue weighted by Gasteiger charge is 2.30. The lowest BCUT2D eigenvalue weighted by molar-refractivity contribution is 0.186. The summed E-state index contributed by atoms with van der Waals surface area (Å²) < 4.78 is 5.79. The summed E-state index contributed by atoms with van der Waals surface area (Å²) in [5, 5.41) is 14.8. The first kappa shape index (κ1) is 17.9. The number of imidazole rings is 1. The van der Waals surface area contributed by atoms with E-state index in [1.165, 1.54) is 11.7 Å². The Morgan fingerprint density at radius 3 is 2.48 bits per heavy atom. The van der Waals surface area contributed by atoms with E-state index in [1.807, 2.05) is 6.07 Å². The van der Waals surface area contributed by atoms with Gasteiger partial charge in [-0.15, -0.1) is 0 Å². The highest BCUT2D eigenvalue weighted by Crippen LogP contribution is 2.23. The Bertz CT molecular complexity index is 1040. The van der Waals surface area contributed by atoms with Crippen LogP contribution in [0.25, 0.3) is 11.0 Å². The molecule has 0 bridgehead atoms. The Kier molecular flexibility index (Phi) is 4.77. The number of para-hydroxylation sites is 2. The van der Waals surface area contributed by atoms with Crippen LogP contribution in [0.5, 0.6) is 0 Å². The largest absolute Gasteiger partial charge is 0.453 e. The maximum Gasteiger partial charge on any atom is 0.413 e. The zero-order valence-electron chi connectivity index (χ0n) is 14.8. The van der Waals surface area contributed by atoms with Crippen molar-refractivity contribution in [2.45, 2.75) is 12.5 Å².